The van der Waals surface area contributed by atoms with Crippen LogP contribution in [0, 0.1) is 0 Å². The van der Waals surface area contributed by atoms with Gasteiger partial charge in [0.15, 0.2) is 16.9 Å². The van der Waals surface area contributed by atoms with Crippen LogP contribution in [0.1, 0.15) is 5.56 Å². The highest BCUT2D eigenvalue weighted by atomic mass is 16.3. The summed E-state index contributed by atoms with van der Waals surface area (Å²) in [4.78, 5) is 16.7. The number of hydrogen-bond acceptors (Lipinski definition) is 4. The molecular weight excluding hydrogens is 328 g/mol. The highest BCUT2D eigenvalue weighted by Gasteiger charge is 2.14. The molecule has 0 radical (unpaired) electrons. The lowest BCUT2D eigenvalue weighted by atomic mass is 10.1. The molecule has 0 spiro atoms. The lowest BCUT2D eigenvalue weighted by molar-refractivity contribution is 0.404. The summed E-state index contributed by atoms with van der Waals surface area (Å²) >= 11 is 0. The zero-order valence-corrected chi connectivity index (χ0v) is 13.8. The van der Waals surface area contributed by atoms with Crippen LogP contribution in [-0.2, 0) is 6.54 Å². The molecule has 0 atom stereocenters. The number of rotatable bonds is 3. The maximum absolute atomic E-state index is 12.6. The third-order valence-corrected chi connectivity index (χ3v) is 4.37. The Labute approximate surface area is 149 Å². The summed E-state index contributed by atoms with van der Waals surface area (Å²) in [5.41, 5.74) is 3.00. The van der Waals surface area contributed by atoms with Gasteiger partial charge in [0, 0.05) is 36.5 Å². The summed E-state index contributed by atoms with van der Waals surface area (Å²) in [7, 11) is 0. The van der Waals surface area contributed by atoms with Crippen LogP contribution in [0.4, 0.5) is 0 Å². The Balaban J connectivity index is 2.05. The second kappa shape index (κ2) is 6.37. The number of phenolic OH excluding ortho intramolecular Hbond substituents is 2. The molecule has 0 bridgehead atoms. The Morgan fingerprint density at radius 2 is 1.58 bits per heavy atom. The van der Waals surface area contributed by atoms with E-state index in [9.17, 15) is 15.0 Å². The summed E-state index contributed by atoms with van der Waals surface area (Å²) in [6, 6.07) is 17.7. The largest absolute Gasteiger partial charge is 0.504 e. The standard InChI is InChI=1S/C21H16N2O3/c24-19-11-17(15-4-2-1-3-5-15)23(13-14-6-8-22-9-7-14)18-12-21(26)20(25)10-16(18)19/h1-12,25-26H,13H2. The van der Waals surface area contributed by atoms with Gasteiger partial charge in [-0.3, -0.25) is 9.78 Å². The van der Waals surface area contributed by atoms with Crippen molar-refractivity contribution in [3.8, 4) is 22.8 Å². The van der Waals surface area contributed by atoms with E-state index in [1.807, 2.05) is 47.0 Å². The van der Waals surface area contributed by atoms with Crippen molar-refractivity contribution in [1.29, 1.82) is 0 Å². The molecule has 5 nitrogen and oxygen atoms in total. The summed E-state index contributed by atoms with van der Waals surface area (Å²) in [5, 5.41) is 20.1. The fourth-order valence-electron chi connectivity index (χ4n) is 3.09. The van der Waals surface area contributed by atoms with Crippen LogP contribution >= 0.6 is 0 Å². The van der Waals surface area contributed by atoms with Gasteiger partial charge in [0.25, 0.3) is 0 Å². The zero-order chi connectivity index (χ0) is 18.1. The molecule has 26 heavy (non-hydrogen) atoms. The van der Waals surface area contributed by atoms with E-state index < -0.39 is 0 Å². The number of fused-ring (bicyclic) bond motifs is 1. The number of hydrogen-bond donors (Lipinski definition) is 2. The van der Waals surface area contributed by atoms with E-state index in [-0.39, 0.29) is 16.9 Å². The van der Waals surface area contributed by atoms with E-state index in [4.69, 9.17) is 0 Å². The number of pyridine rings is 2. The average Bonchev–Trinajstić information content (AvgIpc) is 2.67. The quantitative estimate of drug-likeness (QED) is 0.558. The highest BCUT2D eigenvalue weighted by Crippen LogP contribution is 2.31. The van der Waals surface area contributed by atoms with Gasteiger partial charge >= 0.3 is 0 Å². The van der Waals surface area contributed by atoms with Crippen LogP contribution in [0.2, 0.25) is 0 Å². The summed E-state index contributed by atoms with van der Waals surface area (Å²) in [6.07, 6.45) is 3.43. The van der Waals surface area contributed by atoms with Crippen LogP contribution in [0.5, 0.6) is 11.5 Å². The summed E-state index contributed by atoms with van der Waals surface area (Å²) < 4.78 is 1.96. The maximum Gasteiger partial charge on any atom is 0.190 e. The van der Waals surface area contributed by atoms with Crippen LogP contribution in [0.25, 0.3) is 22.2 Å². The first-order valence-electron chi connectivity index (χ1n) is 8.17. The van der Waals surface area contributed by atoms with Gasteiger partial charge in [-0.15, -0.1) is 0 Å². The Kier molecular flexibility index (Phi) is 3.89. The predicted molar refractivity (Wildman–Crippen MR) is 100 cm³/mol. The number of aromatic nitrogens is 2. The van der Waals surface area contributed by atoms with Crippen molar-refractivity contribution < 1.29 is 10.2 Å². The van der Waals surface area contributed by atoms with E-state index in [1.165, 1.54) is 12.1 Å². The Bertz CT molecular complexity index is 1140. The molecule has 2 heterocycles. The SMILES string of the molecule is O=c1cc(-c2ccccc2)n(Cc2ccncc2)c2cc(O)c(O)cc12. The van der Waals surface area contributed by atoms with Crippen LogP contribution < -0.4 is 5.43 Å². The molecule has 4 aromatic rings. The molecule has 5 heteroatoms. The highest BCUT2D eigenvalue weighted by molar-refractivity contribution is 5.85. The molecule has 0 saturated heterocycles. The predicted octanol–water partition coefficient (Wildman–Crippen LogP) is 3.52. The van der Waals surface area contributed by atoms with E-state index >= 15 is 0 Å². The van der Waals surface area contributed by atoms with Crippen molar-refractivity contribution >= 4 is 10.9 Å². The first kappa shape index (κ1) is 15.9. The molecule has 0 fully saturated rings. The number of nitrogens with zero attached hydrogens (tertiary/aromatic N) is 2. The smallest absolute Gasteiger partial charge is 0.190 e. The minimum Gasteiger partial charge on any atom is -0.504 e. The lowest BCUT2D eigenvalue weighted by Gasteiger charge is -2.18. The van der Waals surface area contributed by atoms with Gasteiger partial charge in [-0.05, 0) is 29.3 Å². The first-order valence-corrected chi connectivity index (χ1v) is 8.17. The molecule has 4 rings (SSSR count). The van der Waals surface area contributed by atoms with E-state index in [0.29, 0.717) is 17.4 Å². The van der Waals surface area contributed by atoms with Crippen molar-refractivity contribution in [3.05, 3.63) is 88.8 Å². The van der Waals surface area contributed by atoms with Crippen molar-refractivity contribution in [1.82, 2.24) is 9.55 Å². The second-order valence-electron chi connectivity index (χ2n) is 6.06. The van der Waals surface area contributed by atoms with Gasteiger partial charge in [0.05, 0.1) is 11.2 Å². The molecule has 0 aliphatic carbocycles. The van der Waals surface area contributed by atoms with Crippen LogP contribution in [0.15, 0.2) is 77.9 Å². The summed E-state index contributed by atoms with van der Waals surface area (Å²) in [6.45, 7) is 0.494. The van der Waals surface area contributed by atoms with E-state index in [2.05, 4.69) is 4.98 Å². The number of benzene rings is 2. The van der Waals surface area contributed by atoms with Crippen molar-refractivity contribution in [2.45, 2.75) is 6.54 Å². The molecule has 2 N–H and O–H groups in total. The Morgan fingerprint density at radius 3 is 2.31 bits per heavy atom. The van der Waals surface area contributed by atoms with Crippen LogP contribution in [-0.4, -0.2) is 19.8 Å². The van der Waals surface area contributed by atoms with Gasteiger partial charge in [0.2, 0.25) is 0 Å². The monoisotopic (exact) mass is 344 g/mol. The molecule has 0 aliphatic rings. The van der Waals surface area contributed by atoms with Crippen molar-refractivity contribution in [2.75, 3.05) is 0 Å². The number of phenols is 2. The second-order valence-corrected chi connectivity index (χ2v) is 6.06. The van der Waals surface area contributed by atoms with Crippen molar-refractivity contribution in [2.24, 2.45) is 0 Å². The maximum atomic E-state index is 12.6. The van der Waals surface area contributed by atoms with E-state index in [1.54, 1.807) is 18.5 Å². The molecule has 0 aliphatic heterocycles. The lowest BCUT2D eigenvalue weighted by Crippen LogP contribution is -2.12. The fraction of sp³-hybridized carbons (Fsp3) is 0.0476. The summed E-state index contributed by atoms with van der Waals surface area (Å²) in [5.74, 6) is -0.567. The first-order chi connectivity index (χ1) is 12.6. The Hall–Kier alpha value is -3.60. The molecule has 0 amide bonds. The van der Waals surface area contributed by atoms with Gasteiger partial charge in [-0.25, -0.2) is 0 Å². The van der Waals surface area contributed by atoms with Gasteiger partial charge in [0.1, 0.15) is 0 Å². The van der Waals surface area contributed by atoms with Gasteiger partial charge < -0.3 is 14.8 Å². The van der Waals surface area contributed by atoms with Crippen molar-refractivity contribution in [3.63, 3.8) is 0 Å². The third-order valence-electron chi connectivity index (χ3n) is 4.37. The van der Waals surface area contributed by atoms with E-state index in [0.717, 1.165) is 16.8 Å². The topological polar surface area (TPSA) is 75.4 Å². The van der Waals surface area contributed by atoms with Crippen LogP contribution in [0.3, 0.4) is 0 Å². The van der Waals surface area contributed by atoms with Gasteiger partial charge in [-0.1, -0.05) is 30.3 Å². The average molecular weight is 344 g/mol. The molecule has 2 aromatic carbocycles. The minimum absolute atomic E-state index is 0.208. The minimum atomic E-state index is -0.308. The third kappa shape index (κ3) is 2.80. The Morgan fingerprint density at radius 1 is 0.885 bits per heavy atom. The number of aromatic hydroxyl groups is 2. The molecular formula is C21H16N2O3. The molecule has 128 valence electrons. The zero-order valence-electron chi connectivity index (χ0n) is 13.8. The molecule has 0 saturated carbocycles. The molecule has 2 aromatic heterocycles. The normalized spacial score (nSPS) is 10.9. The molecule has 0 unspecified atom stereocenters. The van der Waals surface area contributed by atoms with Gasteiger partial charge in [-0.2, -0.15) is 0 Å². The fourth-order valence-corrected chi connectivity index (χ4v) is 3.09.